The van der Waals surface area contributed by atoms with Gasteiger partial charge in [-0.05, 0) is 12.1 Å². The first kappa shape index (κ1) is 16.5. The zero-order valence-corrected chi connectivity index (χ0v) is 14.4. The average molecular weight is 377 g/mol. The van der Waals surface area contributed by atoms with Gasteiger partial charge < -0.3 is 10.3 Å². The zero-order chi connectivity index (χ0) is 19.3. The molecule has 1 aliphatic rings. The average Bonchev–Trinajstić information content (AvgIpc) is 3.06. The Labute approximate surface area is 157 Å². The highest BCUT2D eigenvalue weighted by atomic mass is 19.2. The monoisotopic (exact) mass is 377 g/mol. The lowest BCUT2D eigenvalue weighted by atomic mass is 9.95. The van der Waals surface area contributed by atoms with Crippen LogP contribution in [0.4, 0.5) is 14.5 Å². The largest absolute Gasteiger partial charge is 0.373 e. The Morgan fingerprint density at radius 3 is 2.75 bits per heavy atom. The molecule has 0 aliphatic carbocycles. The fourth-order valence-electron chi connectivity index (χ4n) is 3.81. The van der Waals surface area contributed by atoms with Crippen molar-refractivity contribution < 1.29 is 8.78 Å². The van der Waals surface area contributed by atoms with Crippen molar-refractivity contribution in [1.82, 2.24) is 15.2 Å². The third kappa shape index (κ3) is 2.31. The molecule has 8 heteroatoms. The van der Waals surface area contributed by atoms with Crippen LogP contribution in [0, 0.1) is 16.5 Å². The van der Waals surface area contributed by atoms with Crippen LogP contribution in [0.15, 0.2) is 53.8 Å². The van der Waals surface area contributed by atoms with Gasteiger partial charge in [0.1, 0.15) is 6.54 Å². The molecular formula is C20H13F2N5O. The van der Waals surface area contributed by atoms with Gasteiger partial charge in [-0.25, -0.2) is 8.78 Å². The van der Waals surface area contributed by atoms with Crippen molar-refractivity contribution in [3.05, 3.63) is 82.0 Å². The van der Waals surface area contributed by atoms with Crippen LogP contribution >= 0.6 is 0 Å². The van der Waals surface area contributed by atoms with Crippen LogP contribution in [0.5, 0.6) is 0 Å². The number of nitrogens with one attached hydrogen (secondary N) is 2. The summed E-state index contributed by atoms with van der Waals surface area (Å²) in [5.74, 6) is -1.82. The number of hydrogen-bond donors (Lipinski definition) is 2. The predicted molar refractivity (Wildman–Crippen MR) is 101 cm³/mol. The van der Waals surface area contributed by atoms with E-state index in [4.69, 9.17) is 0 Å². The fourth-order valence-corrected chi connectivity index (χ4v) is 3.81. The minimum atomic E-state index is -0.914. The molecule has 0 bridgehead atoms. The summed E-state index contributed by atoms with van der Waals surface area (Å²) in [6, 6.07) is 10.9. The maximum Gasteiger partial charge on any atom is 0.164 e. The quantitative estimate of drug-likeness (QED) is 0.508. The number of H-pyrrole nitrogens is 1. The van der Waals surface area contributed by atoms with Gasteiger partial charge in [-0.3, -0.25) is 0 Å². The number of halogens is 2. The number of benzene rings is 2. The van der Waals surface area contributed by atoms with Crippen molar-refractivity contribution >= 4 is 16.7 Å². The Morgan fingerprint density at radius 2 is 1.89 bits per heavy atom. The molecule has 2 aromatic carbocycles. The molecule has 6 nitrogen and oxygen atoms in total. The number of para-hydroxylation sites is 1. The summed E-state index contributed by atoms with van der Waals surface area (Å²) in [6.07, 6.45) is 1.70. The summed E-state index contributed by atoms with van der Waals surface area (Å²) >= 11 is 0. The Morgan fingerprint density at radius 1 is 1.04 bits per heavy atom. The Bertz CT molecular complexity index is 1240. The van der Waals surface area contributed by atoms with Crippen LogP contribution in [0.1, 0.15) is 22.9 Å². The minimum Gasteiger partial charge on any atom is -0.373 e. The standard InChI is InChI=1S/C20H13F2N5O/c21-13-6-3-5-11(18(13)22)19-12-8-23-20-17(12)16(15(9-24-28)26-27-20)10-4-1-2-7-14(10)25-19/h1-8,19,25H,9H2,(H,23,27). The Kier molecular flexibility index (Phi) is 3.65. The van der Waals surface area contributed by atoms with E-state index in [9.17, 15) is 13.7 Å². The predicted octanol–water partition coefficient (Wildman–Crippen LogP) is 4.68. The first-order valence-corrected chi connectivity index (χ1v) is 8.64. The smallest absolute Gasteiger partial charge is 0.164 e. The second-order valence-electron chi connectivity index (χ2n) is 6.54. The lowest BCUT2D eigenvalue weighted by molar-refractivity contribution is 0.496. The van der Waals surface area contributed by atoms with Crippen molar-refractivity contribution in [2.75, 3.05) is 5.32 Å². The molecule has 2 N–H and O–H groups in total. The van der Waals surface area contributed by atoms with E-state index in [0.29, 0.717) is 33.5 Å². The molecule has 2 aromatic heterocycles. The topological polar surface area (TPSA) is 83.0 Å². The fraction of sp³-hybridized carbons (Fsp3) is 0.100. The van der Waals surface area contributed by atoms with E-state index in [2.05, 4.69) is 25.7 Å². The lowest BCUT2D eigenvalue weighted by Gasteiger charge is -2.20. The van der Waals surface area contributed by atoms with Gasteiger partial charge in [-0.2, -0.15) is 10.0 Å². The highest BCUT2D eigenvalue weighted by Crippen LogP contribution is 2.45. The molecule has 4 aromatic rings. The molecule has 1 aliphatic heterocycles. The zero-order valence-electron chi connectivity index (χ0n) is 14.4. The number of aromatic amines is 1. The highest BCUT2D eigenvalue weighted by molar-refractivity contribution is 6.02. The third-order valence-electron chi connectivity index (χ3n) is 5.01. The lowest BCUT2D eigenvalue weighted by Crippen LogP contribution is -2.13. The van der Waals surface area contributed by atoms with Gasteiger partial charge in [0.15, 0.2) is 17.3 Å². The summed E-state index contributed by atoms with van der Waals surface area (Å²) in [6.45, 7) is -0.143. The van der Waals surface area contributed by atoms with Crippen molar-refractivity contribution in [3.8, 4) is 11.1 Å². The van der Waals surface area contributed by atoms with E-state index in [1.165, 1.54) is 6.07 Å². The van der Waals surface area contributed by atoms with Gasteiger partial charge in [0, 0.05) is 39.5 Å². The van der Waals surface area contributed by atoms with Gasteiger partial charge in [0.2, 0.25) is 0 Å². The second-order valence-corrected chi connectivity index (χ2v) is 6.54. The van der Waals surface area contributed by atoms with E-state index < -0.39 is 17.7 Å². The first-order valence-electron chi connectivity index (χ1n) is 8.64. The van der Waals surface area contributed by atoms with Gasteiger partial charge >= 0.3 is 0 Å². The highest BCUT2D eigenvalue weighted by Gasteiger charge is 2.30. The number of anilines is 1. The van der Waals surface area contributed by atoms with Gasteiger partial charge in [0.25, 0.3) is 0 Å². The number of rotatable bonds is 3. The molecule has 0 fully saturated rings. The van der Waals surface area contributed by atoms with Gasteiger partial charge in [-0.1, -0.05) is 35.5 Å². The molecule has 3 heterocycles. The number of hydrogen-bond acceptors (Lipinski definition) is 5. The van der Waals surface area contributed by atoms with Crippen LogP contribution in [0.25, 0.3) is 22.2 Å². The Balaban J connectivity index is 1.88. The number of nitroso groups, excluding NO2 is 1. The molecule has 138 valence electrons. The van der Waals surface area contributed by atoms with Crippen molar-refractivity contribution in [2.45, 2.75) is 12.6 Å². The van der Waals surface area contributed by atoms with Crippen molar-refractivity contribution in [1.29, 1.82) is 0 Å². The van der Waals surface area contributed by atoms with E-state index in [1.54, 1.807) is 12.3 Å². The van der Waals surface area contributed by atoms with Gasteiger partial charge in [0.05, 0.1) is 11.7 Å². The summed E-state index contributed by atoms with van der Waals surface area (Å²) in [7, 11) is 0. The van der Waals surface area contributed by atoms with Crippen LogP contribution in [0.3, 0.4) is 0 Å². The summed E-state index contributed by atoms with van der Waals surface area (Å²) in [5, 5.41) is 15.3. The van der Waals surface area contributed by atoms with Crippen LogP contribution in [0.2, 0.25) is 0 Å². The summed E-state index contributed by atoms with van der Waals surface area (Å²) < 4.78 is 28.6. The van der Waals surface area contributed by atoms with E-state index >= 15 is 0 Å². The number of aromatic nitrogens is 3. The molecule has 0 radical (unpaired) electrons. The van der Waals surface area contributed by atoms with E-state index in [-0.39, 0.29) is 12.1 Å². The van der Waals surface area contributed by atoms with E-state index in [0.717, 1.165) is 11.6 Å². The molecule has 28 heavy (non-hydrogen) atoms. The maximum absolute atomic E-state index is 14.7. The second kappa shape index (κ2) is 6.19. The van der Waals surface area contributed by atoms with Crippen molar-refractivity contribution in [3.63, 3.8) is 0 Å². The summed E-state index contributed by atoms with van der Waals surface area (Å²) in [5.41, 5.74) is 4.01. The number of fused-ring (bicyclic) bond motifs is 2. The molecule has 1 unspecified atom stereocenters. The summed E-state index contributed by atoms with van der Waals surface area (Å²) in [4.78, 5) is 14.0. The molecule has 0 amide bonds. The molecule has 0 saturated heterocycles. The van der Waals surface area contributed by atoms with Crippen LogP contribution in [-0.4, -0.2) is 15.2 Å². The molecule has 1 atom stereocenters. The minimum absolute atomic E-state index is 0.143. The third-order valence-corrected chi connectivity index (χ3v) is 5.01. The molecular weight excluding hydrogens is 364 g/mol. The maximum atomic E-state index is 14.7. The van der Waals surface area contributed by atoms with Crippen molar-refractivity contribution in [2.24, 2.45) is 5.18 Å². The molecule has 5 rings (SSSR count). The molecule has 0 saturated carbocycles. The molecule has 0 spiro atoms. The van der Waals surface area contributed by atoms with E-state index in [1.807, 2.05) is 24.3 Å². The normalized spacial score (nSPS) is 15.0. The van der Waals surface area contributed by atoms with Gasteiger partial charge in [-0.15, -0.1) is 5.10 Å². The SMILES string of the molecule is O=NCc1nnc2[nH]cc3c2c1-c1ccccc1NC3c1cccc(F)c1F. The first-order chi connectivity index (χ1) is 13.7. The van der Waals surface area contributed by atoms with Crippen LogP contribution in [-0.2, 0) is 6.54 Å². The number of nitrogens with zero attached hydrogens (tertiary/aromatic N) is 3. The van der Waals surface area contributed by atoms with Crippen LogP contribution < -0.4 is 5.32 Å². The Hall–Kier alpha value is -3.68.